The Morgan fingerprint density at radius 2 is 2.00 bits per heavy atom. The van der Waals surface area contributed by atoms with Gasteiger partial charge in [0.25, 0.3) is 0 Å². The molecule has 1 aromatic rings. The summed E-state index contributed by atoms with van der Waals surface area (Å²) in [5.74, 6) is 0. The Balaban J connectivity index is 2.38. The number of hydrogen-bond acceptors (Lipinski definition) is 5. The molecule has 6 nitrogen and oxygen atoms in total. The van der Waals surface area contributed by atoms with Crippen LogP contribution >= 0.6 is 0 Å². The summed E-state index contributed by atoms with van der Waals surface area (Å²) in [5, 5.41) is 14.5. The van der Waals surface area contributed by atoms with Crippen LogP contribution in [0.2, 0.25) is 0 Å². The maximum absolute atomic E-state index is 11.1. The molecule has 2 atom stereocenters. The molecule has 1 aromatic carbocycles. The smallest absolute Gasteiger partial charge is 0.315 e. The average Bonchev–Trinajstić information content (AvgIpc) is 2.26. The molecule has 0 bridgehead atoms. The van der Waals surface area contributed by atoms with Crippen molar-refractivity contribution >= 4 is 17.1 Å². The summed E-state index contributed by atoms with van der Waals surface area (Å²) >= 11 is 0. The van der Waals surface area contributed by atoms with Gasteiger partial charge in [-0.1, -0.05) is 6.07 Å². The van der Waals surface area contributed by atoms with E-state index in [1.165, 1.54) is 0 Å². The second-order valence-corrected chi connectivity index (χ2v) is 4.85. The van der Waals surface area contributed by atoms with Crippen LogP contribution in [0, 0.1) is 10.1 Å². The number of nitrogens with zero attached hydrogens (tertiary/aromatic N) is 2. The van der Waals surface area contributed by atoms with Crippen molar-refractivity contribution in [2.75, 3.05) is 23.7 Å². The Morgan fingerprint density at radius 3 is 2.56 bits per heavy atom. The van der Waals surface area contributed by atoms with Gasteiger partial charge in [0.15, 0.2) is 0 Å². The molecule has 1 unspecified atom stereocenters. The normalized spacial score (nSPS) is 24.0. The number of nitrogen functional groups attached to an aromatic ring is 1. The Hall–Kier alpha value is -1.82. The molecule has 3 N–H and O–H groups in total. The molecule has 1 saturated heterocycles. The number of rotatable bonds is 2. The summed E-state index contributed by atoms with van der Waals surface area (Å²) in [7, 11) is 0. The Labute approximate surface area is 106 Å². The highest BCUT2D eigenvalue weighted by Crippen LogP contribution is 2.34. The molecule has 1 fully saturated rings. The lowest BCUT2D eigenvalue weighted by Crippen LogP contribution is -2.54. The first kappa shape index (κ1) is 12.6. The van der Waals surface area contributed by atoms with E-state index in [1.807, 2.05) is 4.90 Å². The second kappa shape index (κ2) is 4.81. The molecule has 0 radical (unpaired) electrons. The number of nitro benzene ring substituents is 1. The minimum Gasteiger partial charge on any atom is -0.393 e. The fourth-order valence-electron chi connectivity index (χ4n) is 2.53. The molecule has 6 heteroatoms. The van der Waals surface area contributed by atoms with Gasteiger partial charge >= 0.3 is 5.69 Å². The predicted octanol–water partition coefficient (Wildman–Crippen LogP) is 1.36. The lowest BCUT2D eigenvalue weighted by atomic mass is 10.1. The van der Waals surface area contributed by atoms with E-state index >= 15 is 0 Å². The number of nitrogens with one attached hydrogen (secondary N) is 1. The minimum atomic E-state index is -0.401. The Kier molecular flexibility index (Phi) is 3.38. The number of anilines is 2. The van der Waals surface area contributed by atoms with Crippen LogP contribution in [0.15, 0.2) is 18.2 Å². The van der Waals surface area contributed by atoms with E-state index in [1.54, 1.807) is 18.2 Å². The van der Waals surface area contributed by atoms with Crippen molar-refractivity contribution in [1.82, 2.24) is 5.32 Å². The quantitative estimate of drug-likeness (QED) is 0.470. The Morgan fingerprint density at radius 1 is 1.39 bits per heavy atom. The fourth-order valence-corrected chi connectivity index (χ4v) is 2.53. The first-order chi connectivity index (χ1) is 8.49. The second-order valence-electron chi connectivity index (χ2n) is 4.85. The summed E-state index contributed by atoms with van der Waals surface area (Å²) < 4.78 is 0. The van der Waals surface area contributed by atoms with E-state index in [0.29, 0.717) is 17.8 Å². The van der Waals surface area contributed by atoms with Crippen LogP contribution in [0.5, 0.6) is 0 Å². The topological polar surface area (TPSA) is 84.4 Å². The van der Waals surface area contributed by atoms with Crippen molar-refractivity contribution in [3.8, 4) is 0 Å². The van der Waals surface area contributed by atoms with Crippen molar-refractivity contribution in [3.05, 3.63) is 28.3 Å². The highest BCUT2D eigenvalue weighted by Gasteiger charge is 2.27. The zero-order valence-electron chi connectivity index (χ0n) is 10.6. The monoisotopic (exact) mass is 250 g/mol. The highest BCUT2D eigenvalue weighted by atomic mass is 16.6. The molecule has 0 amide bonds. The van der Waals surface area contributed by atoms with Crippen LogP contribution in [0.3, 0.4) is 0 Å². The molecule has 1 aliphatic rings. The first-order valence-electron chi connectivity index (χ1n) is 6.03. The molecule has 0 aromatic heterocycles. The van der Waals surface area contributed by atoms with Crippen LogP contribution in [0.4, 0.5) is 17.1 Å². The van der Waals surface area contributed by atoms with Crippen molar-refractivity contribution in [3.63, 3.8) is 0 Å². The van der Waals surface area contributed by atoms with Gasteiger partial charge in [0.05, 0.1) is 4.92 Å². The van der Waals surface area contributed by atoms with Gasteiger partial charge in [-0.15, -0.1) is 0 Å². The number of para-hydroxylation sites is 1. The van der Waals surface area contributed by atoms with Gasteiger partial charge in [-0.3, -0.25) is 10.1 Å². The van der Waals surface area contributed by atoms with E-state index in [4.69, 9.17) is 5.73 Å². The maximum Gasteiger partial charge on any atom is 0.315 e. The largest absolute Gasteiger partial charge is 0.393 e. The van der Waals surface area contributed by atoms with Crippen LogP contribution in [-0.4, -0.2) is 30.1 Å². The molecule has 1 aliphatic heterocycles. The zero-order chi connectivity index (χ0) is 13.3. The average molecular weight is 250 g/mol. The standard InChI is InChI=1S/C12H18N4O2/c1-8-6-15(7-9(2)14-8)11-5-3-4-10(13)12(11)16(17)18/h3-5,8-9,14H,6-7,13H2,1-2H3/t8-,9?/m1/s1. The van der Waals surface area contributed by atoms with E-state index in [2.05, 4.69) is 19.2 Å². The maximum atomic E-state index is 11.1. The number of piperazine rings is 1. The number of hydrogen-bond donors (Lipinski definition) is 2. The molecule has 18 heavy (non-hydrogen) atoms. The van der Waals surface area contributed by atoms with Crippen molar-refractivity contribution < 1.29 is 4.92 Å². The van der Waals surface area contributed by atoms with Crippen molar-refractivity contribution in [1.29, 1.82) is 0 Å². The number of nitro groups is 1. The molecule has 0 spiro atoms. The third kappa shape index (κ3) is 2.38. The predicted molar refractivity (Wildman–Crippen MR) is 71.8 cm³/mol. The van der Waals surface area contributed by atoms with Gasteiger partial charge in [-0.05, 0) is 26.0 Å². The fraction of sp³-hybridized carbons (Fsp3) is 0.500. The first-order valence-corrected chi connectivity index (χ1v) is 6.03. The molecule has 1 heterocycles. The lowest BCUT2D eigenvalue weighted by Gasteiger charge is -2.37. The molecule has 98 valence electrons. The summed E-state index contributed by atoms with van der Waals surface area (Å²) in [5.41, 5.74) is 6.56. The summed E-state index contributed by atoms with van der Waals surface area (Å²) in [6, 6.07) is 5.69. The molecular formula is C12H18N4O2. The molecule has 2 rings (SSSR count). The van der Waals surface area contributed by atoms with Crippen LogP contribution < -0.4 is 16.0 Å². The zero-order valence-corrected chi connectivity index (χ0v) is 10.6. The van der Waals surface area contributed by atoms with E-state index < -0.39 is 4.92 Å². The Bertz CT molecular complexity index is 453. The van der Waals surface area contributed by atoms with Crippen LogP contribution in [-0.2, 0) is 0 Å². The summed E-state index contributed by atoms with van der Waals surface area (Å²) in [6.45, 7) is 5.63. The third-order valence-corrected chi connectivity index (χ3v) is 3.13. The molecule has 0 saturated carbocycles. The summed E-state index contributed by atoms with van der Waals surface area (Å²) in [6.07, 6.45) is 0. The van der Waals surface area contributed by atoms with Gasteiger partial charge in [0.2, 0.25) is 0 Å². The van der Waals surface area contributed by atoms with Crippen LogP contribution in [0.25, 0.3) is 0 Å². The lowest BCUT2D eigenvalue weighted by molar-refractivity contribution is -0.383. The van der Waals surface area contributed by atoms with Gasteiger partial charge in [0, 0.05) is 25.2 Å². The van der Waals surface area contributed by atoms with Gasteiger partial charge in [-0.25, -0.2) is 0 Å². The van der Waals surface area contributed by atoms with Crippen LogP contribution in [0.1, 0.15) is 13.8 Å². The molecule has 0 aliphatic carbocycles. The van der Waals surface area contributed by atoms with E-state index in [-0.39, 0.29) is 11.4 Å². The van der Waals surface area contributed by atoms with Crippen molar-refractivity contribution in [2.24, 2.45) is 0 Å². The van der Waals surface area contributed by atoms with E-state index in [0.717, 1.165) is 13.1 Å². The highest BCUT2D eigenvalue weighted by molar-refractivity contribution is 5.75. The van der Waals surface area contributed by atoms with Gasteiger partial charge in [-0.2, -0.15) is 0 Å². The van der Waals surface area contributed by atoms with Crippen molar-refractivity contribution in [2.45, 2.75) is 25.9 Å². The van der Waals surface area contributed by atoms with Gasteiger partial charge < -0.3 is 16.0 Å². The third-order valence-electron chi connectivity index (χ3n) is 3.13. The molecular weight excluding hydrogens is 232 g/mol. The summed E-state index contributed by atoms with van der Waals surface area (Å²) in [4.78, 5) is 12.8. The number of benzene rings is 1. The van der Waals surface area contributed by atoms with E-state index in [9.17, 15) is 10.1 Å². The van der Waals surface area contributed by atoms with Gasteiger partial charge in [0.1, 0.15) is 11.4 Å². The number of nitrogens with two attached hydrogens (primary N) is 1. The SMILES string of the molecule is CC1CN(c2cccc(N)c2[N+](=O)[O-])C[C@@H](C)N1. The minimum absolute atomic E-state index is 0.0128.